The topological polar surface area (TPSA) is 23.8 Å². The van der Waals surface area contributed by atoms with Gasteiger partial charge in [-0.2, -0.15) is 0 Å². The van der Waals surface area contributed by atoms with E-state index >= 15 is 0 Å². The van der Waals surface area contributed by atoms with Crippen molar-refractivity contribution < 1.29 is 0 Å². The molecule has 3 heterocycles. The predicted octanol–water partition coefficient (Wildman–Crippen LogP) is 1.27. The minimum Gasteiger partial charge on any atom is -0.355 e. The van der Waals surface area contributed by atoms with Crippen molar-refractivity contribution in [2.75, 3.05) is 38.1 Å². The van der Waals surface area contributed by atoms with E-state index in [0.717, 1.165) is 37.5 Å². The van der Waals surface area contributed by atoms with Crippen molar-refractivity contribution in [3.05, 3.63) is 37.0 Å². The van der Waals surface area contributed by atoms with Crippen molar-refractivity contribution in [3.63, 3.8) is 0 Å². The van der Waals surface area contributed by atoms with Gasteiger partial charge >= 0.3 is 0 Å². The van der Waals surface area contributed by atoms with Crippen LogP contribution >= 0.6 is 0 Å². The van der Waals surface area contributed by atoms with Crippen molar-refractivity contribution in [1.82, 2.24) is 14.3 Å². The smallest absolute Gasteiger partial charge is 0.138 e. The molecule has 0 spiro atoms. The zero-order valence-corrected chi connectivity index (χ0v) is 10.1. The first-order valence-corrected chi connectivity index (χ1v) is 5.97. The van der Waals surface area contributed by atoms with E-state index in [9.17, 15) is 0 Å². The lowest BCUT2D eigenvalue weighted by Crippen LogP contribution is -2.45. The van der Waals surface area contributed by atoms with Crippen LogP contribution in [0.2, 0.25) is 0 Å². The van der Waals surface area contributed by atoms with Gasteiger partial charge in [-0.25, -0.2) is 4.98 Å². The molecule has 1 aliphatic rings. The minimum atomic E-state index is 0.826. The summed E-state index contributed by atoms with van der Waals surface area (Å²) >= 11 is 0. The summed E-state index contributed by atoms with van der Waals surface area (Å²) in [6, 6.07) is 6.24. The maximum absolute atomic E-state index is 4.40. The Morgan fingerprint density at radius 3 is 2.71 bits per heavy atom. The Balaban J connectivity index is 1.99. The quantitative estimate of drug-likeness (QED) is 0.736. The third kappa shape index (κ3) is 1.89. The molecule has 0 N–H and O–H groups in total. The van der Waals surface area contributed by atoms with Crippen LogP contribution in [0.4, 0.5) is 5.82 Å². The van der Waals surface area contributed by atoms with E-state index in [2.05, 4.69) is 45.3 Å². The predicted molar refractivity (Wildman–Crippen MR) is 69.4 cm³/mol. The Kier molecular flexibility index (Phi) is 2.52. The lowest BCUT2D eigenvalue weighted by atomic mass is 10.3. The fourth-order valence-corrected chi connectivity index (χ4v) is 2.34. The molecular weight excluding hydrogens is 212 g/mol. The van der Waals surface area contributed by atoms with Crippen LogP contribution in [0, 0.1) is 6.92 Å². The fraction of sp³-hybridized carbons (Fsp3) is 0.385. The van der Waals surface area contributed by atoms with Gasteiger partial charge in [0.15, 0.2) is 0 Å². The summed E-state index contributed by atoms with van der Waals surface area (Å²) in [5, 5.41) is 0. The molecule has 1 aliphatic heterocycles. The van der Waals surface area contributed by atoms with Crippen molar-refractivity contribution in [2.24, 2.45) is 0 Å². The second-order valence-electron chi connectivity index (χ2n) is 4.63. The molecule has 0 aliphatic carbocycles. The number of imidazole rings is 1. The van der Waals surface area contributed by atoms with E-state index in [0.29, 0.717) is 0 Å². The molecule has 17 heavy (non-hydrogen) atoms. The van der Waals surface area contributed by atoms with Crippen LogP contribution in [0.1, 0.15) is 5.69 Å². The molecular formula is C13H17N4. The molecule has 89 valence electrons. The second kappa shape index (κ2) is 4.04. The van der Waals surface area contributed by atoms with E-state index in [1.165, 1.54) is 5.82 Å². The maximum Gasteiger partial charge on any atom is 0.138 e. The monoisotopic (exact) mass is 229 g/mol. The summed E-state index contributed by atoms with van der Waals surface area (Å²) < 4.78 is 2.13. The number of pyridine rings is 1. The van der Waals surface area contributed by atoms with Crippen LogP contribution in [0.5, 0.6) is 0 Å². The normalized spacial score (nSPS) is 17.9. The molecule has 0 unspecified atom stereocenters. The van der Waals surface area contributed by atoms with Gasteiger partial charge in [0.05, 0.1) is 5.69 Å². The Bertz CT molecular complexity index is 523. The van der Waals surface area contributed by atoms with Crippen molar-refractivity contribution in [1.29, 1.82) is 0 Å². The lowest BCUT2D eigenvalue weighted by Gasteiger charge is -2.34. The fourth-order valence-electron chi connectivity index (χ4n) is 2.34. The summed E-state index contributed by atoms with van der Waals surface area (Å²) in [6.45, 7) is 8.26. The van der Waals surface area contributed by atoms with E-state index in [4.69, 9.17) is 0 Å². The van der Waals surface area contributed by atoms with Crippen LogP contribution in [-0.4, -0.2) is 47.5 Å². The lowest BCUT2D eigenvalue weighted by molar-refractivity contribution is 0.312. The number of hydrogen-bond acceptors (Lipinski definition) is 3. The number of hydrogen-bond donors (Lipinski definition) is 0. The van der Waals surface area contributed by atoms with Crippen molar-refractivity contribution >= 4 is 11.5 Å². The van der Waals surface area contributed by atoms with Gasteiger partial charge in [0.2, 0.25) is 0 Å². The molecule has 0 bridgehead atoms. The molecule has 0 aromatic carbocycles. The van der Waals surface area contributed by atoms with Crippen LogP contribution in [0.15, 0.2) is 24.4 Å². The van der Waals surface area contributed by atoms with Crippen molar-refractivity contribution in [3.8, 4) is 0 Å². The number of rotatable bonds is 1. The van der Waals surface area contributed by atoms with Gasteiger partial charge in [0.25, 0.3) is 0 Å². The zero-order valence-electron chi connectivity index (χ0n) is 10.1. The zero-order chi connectivity index (χ0) is 11.8. The average Bonchev–Trinajstić information content (AvgIpc) is 2.70. The molecule has 4 nitrogen and oxygen atoms in total. The SMILES string of the molecule is [CH2]c1cn2c(N3CCN(C)CC3)cccc2n1. The van der Waals surface area contributed by atoms with Crippen LogP contribution < -0.4 is 4.90 Å². The van der Waals surface area contributed by atoms with Crippen molar-refractivity contribution in [2.45, 2.75) is 0 Å². The largest absolute Gasteiger partial charge is 0.355 e. The third-order valence-electron chi connectivity index (χ3n) is 3.35. The molecule has 3 rings (SSSR count). The first-order chi connectivity index (χ1) is 8.24. The highest BCUT2D eigenvalue weighted by Gasteiger charge is 2.16. The minimum absolute atomic E-state index is 0.826. The third-order valence-corrected chi connectivity index (χ3v) is 3.35. The number of aromatic nitrogens is 2. The molecule has 2 aromatic heterocycles. The summed E-state index contributed by atoms with van der Waals surface area (Å²) in [6.07, 6.45) is 2.00. The van der Waals surface area contributed by atoms with Gasteiger partial charge in [0, 0.05) is 32.4 Å². The number of fused-ring (bicyclic) bond motifs is 1. The van der Waals surface area contributed by atoms with Crippen LogP contribution in [-0.2, 0) is 0 Å². The molecule has 2 aromatic rings. The summed E-state index contributed by atoms with van der Waals surface area (Å²) in [5.74, 6) is 1.22. The average molecular weight is 229 g/mol. The van der Waals surface area contributed by atoms with Crippen LogP contribution in [0.25, 0.3) is 5.65 Å². The number of anilines is 1. The molecule has 0 atom stereocenters. The van der Waals surface area contributed by atoms with E-state index < -0.39 is 0 Å². The molecule has 1 saturated heterocycles. The molecule has 1 fully saturated rings. The highest BCUT2D eigenvalue weighted by Crippen LogP contribution is 2.18. The highest BCUT2D eigenvalue weighted by atomic mass is 15.3. The van der Waals surface area contributed by atoms with Crippen LogP contribution in [0.3, 0.4) is 0 Å². The molecule has 1 radical (unpaired) electrons. The first-order valence-electron chi connectivity index (χ1n) is 5.97. The Labute approximate surface area is 101 Å². The number of nitrogens with zero attached hydrogens (tertiary/aromatic N) is 4. The standard InChI is InChI=1S/C13H17N4/c1-11-10-17-12(14-11)4-3-5-13(17)16-8-6-15(2)7-9-16/h3-5,10H,1,6-9H2,2H3. The summed E-state index contributed by atoms with van der Waals surface area (Å²) in [4.78, 5) is 9.17. The summed E-state index contributed by atoms with van der Waals surface area (Å²) in [5.41, 5.74) is 1.80. The van der Waals surface area contributed by atoms with Gasteiger partial charge in [0.1, 0.15) is 11.5 Å². The van der Waals surface area contributed by atoms with E-state index in [1.54, 1.807) is 0 Å². The second-order valence-corrected chi connectivity index (χ2v) is 4.63. The van der Waals surface area contributed by atoms with Gasteiger partial charge in [-0.1, -0.05) is 6.07 Å². The highest BCUT2D eigenvalue weighted by molar-refractivity contribution is 5.53. The van der Waals surface area contributed by atoms with E-state index in [1.807, 2.05) is 12.3 Å². The molecule has 0 amide bonds. The summed E-state index contributed by atoms with van der Waals surface area (Å²) in [7, 11) is 2.17. The Hall–Kier alpha value is -1.55. The van der Waals surface area contributed by atoms with Gasteiger partial charge in [-0.15, -0.1) is 0 Å². The maximum atomic E-state index is 4.40. The number of likely N-dealkylation sites (N-methyl/N-ethyl adjacent to an activating group) is 1. The van der Waals surface area contributed by atoms with Gasteiger partial charge in [-0.05, 0) is 26.1 Å². The first kappa shape index (κ1) is 10.6. The van der Waals surface area contributed by atoms with E-state index in [-0.39, 0.29) is 0 Å². The molecule has 4 heteroatoms. The number of piperazine rings is 1. The van der Waals surface area contributed by atoms with Gasteiger partial charge < -0.3 is 9.80 Å². The Morgan fingerprint density at radius 1 is 1.18 bits per heavy atom. The van der Waals surface area contributed by atoms with Gasteiger partial charge in [-0.3, -0.25) is 4.40 Å². The molecule has 0 saturated carbocycles. The Morgan fingerprint density at radius 2 is 1.94 bits per heavy atom.